The predicted molar refractivity (Wildman–Crippen MR) is 91.0 cm³/mol. The van der Waals surface area contributed by atoms with Gasteiger partial charge in [0, 0.05) is 23.8 Å². The van der Waals surface area contributed by atoms with E-state index in [2.05, 4.69) is 45.6 Å². The molecule has 0 aliphatic carbocycles. The van der Waals surface area contributed by atoms with Crippen molar-refractivity contribution in [3.8, 4) is 6.07 Å². The van der Waals surface area contributed by atoms with Gasteiger partial charge in [0.25, 0.3) is 0 Å². The lowest BCUT2D eigenvalue weighted by atomic mass is 10.1. The third kappa shape index (κ3) is 3.09. The Labute approximate surface area is 134 Å². The van der Waals surface area contributed by atoms with E-state index in [0.29, 0.717) is 5.56 Å². The SMILES string of the molecule is Cc1ccc2nccc(NCCCc3[nH]nc(N)c3C#N)c2c1. The second-order valence-electron chi connectivity index (χ2n) is 5.48. The van der Waals surface area contributed by atoms with Gasteiger partial charge in [-0.05, 0) is 38.0 Å². The molecule has 0 saturated heterocycles. The number of nitrogens with zero attached hydrogens (tertiary/aromatic N) is 3. The van der Waals surface area contributed by atoms with Crippen LogP contribution in [0.5, 0.6) is 0 Å². The number of hydrogen-bond donors (Lipinski definition) is 3. The molecule has 0 fully saturated rings. The van der Waals surface area contributed by atoms with Crippen molar-refractivity contribution in [1.29, 1.82) is 5.26 Å². The first-order valence-corrected chi connectivity index (χ1v) is 7.51. The fourth-order valence-corrected chi connectivity index (χ4v) is 2.60. The number of aromatic amines is 1. The number of nitriles is 1. The summed E-state index contributed by atoms with van der Waals surface area (Å²) in [5.74, 6) is 0.270. The van der Waals surface area contributed by atoms with Crippen LogP contribution in [0.25, 0.3) is 10.9 Å². The average molecular weight is 306 g/mol. The molecule has 0 radical (unpaired) electrons. The van der Waals surface area contributed by atoms with Crippen LogP contribution < -0.4 is 11.1 Å². The Morgan fingerprint density at radius 2 is 2.22 bits per heavy atom. The van der Waals surface area contributed by atoms with E-state index in [1.54, 1.807) is 0 Å². The van der Waals surface area contributed by atoms with Crippen molar-refractivity contribution >= 4 is 22.4 Å². The molecule has 116 valence electrons. The van der Waals surface area contributed by atoms with Crippen molar-refractivity contribution in [3.63, 3.8) is 0 Å². The van der Waals surface area contributed by atoms with Crippen LogP contribution in [-0.4, -0.2) is 21.7 Å². The molecular weight excluding hydrogens is 288 g/mol. The van der Waals surface area contributed by atoms with Crippen LogP contribution in [0, 0.1) is 18.3 Å². The maximum atomic E-state index is 9.05. The normalized spacial score (nSPS) is 10.6. The minimum absolute atomic E-state index is 0.270. The van der Waals surface area contributed by atoms with Crippen LogP contribution in [0.3, 0.4) is 0 Å². The van der Waals surface area contributed by atoms with E-state index < -0.39 is 0 Å². The van der Waals surface area contributed by atoms with E-state index in [1.807, 2.05) is 18.3 Å². The first-order valence-electron chi connectivity index (χ1n) is 7.51. The van der Waals surface area contributed by atoms with E-state index in [0.717, 1.165) is 41.7 Å². The molecule has 2 aromatic heterocycles. The molecule has 0 bridgehead atoms. The summed E-state index contributed by atoms with van der Waals surface area (Å²) in [4.78, 5) is 4.38. The monoisotopic (exact) mass is 306 g/mol. The van der Waals surface area contributed by atoms with Crippen molar-refractivity contribution in [1.82, 2.24) is 15.2 Å². The van der Waals surface area contributed by atoms with Gasteiger partial charge in [0.2, 0.25) is 0 Å². The Balaban J connectivity index is 1.65. The average Bonchev–Trinajstić information content (AvgIpc) is 2.91. The highest BCUT2D eigenvalue weighted by atomic mass is 15.2. The van der Waals surface area contributed by atoms with Gasteiger partial charge in [-0.25, -0.2) is 0 Å². The fraction of sp³-hybridized carbons (Fsp3) is 0.235. The molecule has 0 aliphatic heterocycles. The van der Waals surface area contributed by atoms with Gasteiger partial charge in [-0.2, -0.15) is 10.4 Å². The molecule has 0 amide bonds. The van der Waals surface area contributed by atoms with Crippen LogP contribution in [-0.2, 0) is 6.42 Å². The lowest BCUT2D eigenvalue weighted by Gasteiger charge is -2.09. The molecule has 23 heavy (non-hydrogen) atoms. The molecule has 3 aromatic rings. The molecule has 0 unspecified atom stereocenters. The molecule has 6 heteroatoms. The van der Waals surface area contributed by atoms with Gasteiger partial charge >= 0.3 is 0 Å². The van der Waals surface area contributed by atoms with Crippen molar-refractivity contribution in [3.05, 3.63) is 47.3 Å². The molecule has 6 nitrogen and oxygen atoms in total. The molecule has 0 aliphatic rings. The molecule has 4 N–H and O–H groups in total. The summed E-state index contributed by atoms with van der Waals surface area (Å²) in [7, 11) is 0. The van der Waals surface area contributed by atoms with Crippen molar-refractivity contribution < 1.29 is 0 Å². The molecule has 3 rings (SSSR count). The zero-order chi connectivity index (χ0) is 16.2. The van der Waals surface area contributed by atoms with Crippen LogP contribution in [0.15, 0.2) is 30.5 Å². The van der Waals surface area contributed by atoms with Crippen molar-refractivity contribution in [2.24, 2.45) is 0 Å². The largest absolute Gasteiger partial charge is 0.384 e. The van der Waals surface area contributed by atoms with E-state index in [9.17, 15) is 0 Å². The smallest absolute Gasteiger partial charge is 0.163 e. The first kappa shape index (κ1) is 14.9. The lowest BCUT2D eigenvalue weighted by Crippen LogP contribution is -2.04. The summed E-state index contributed by atoms with van der Waals surface area (Å²) in [6.45, 7) is 2.86. The molecule has 0 saturated carbocycles. The van der Waals surface area contributed by atoms with Gasteiger partial charge in [0.05, 0.1) is 11.2 Å². The number of nitrogens with one attached hydrogen (secondary N) is 2. The summed E-state index contributed by atoms with van der Waals surface area (Å²) in [6.07, 6.45) is 3.40. The number of anilines is 2. The van der Waals surface area contributed by atoms with Gasteiger partial charge in [-0.15, -0.1) is 0 Å². The first-order chi connectivity index (χ1) is 11.2. The number of H-pyrrole nitrogens is 1. The molecular formula is C17H18N6. The fourth-order valence-electron chi connectivity index (χ4n) is 2.60. The number of aryl methyl sites for hydroxylation is 2. The van der Waals surface area contributed by atoms with Crippen molar-refractivity contribution in [2.45, 2.75) is 19.8 Å². The second-order valence-corrected chi connectivity index (χ2v) is 5.48. The summed E-state index contributed by atoms with van der Waals surface area (Å²) in [5.41, 5.74) is 10.1. The highest BCUT2D eigenvalue weighted by Crippen LogP contribution is 2.22. The van der Waals surface area contributed by atoms with Gasteiger partial charge in [0.1, 0.15) is 11.6 Å². The number of nitrogens with two attached hydrogens (primary N) is 1. The molecule has 0 spiro atoms. The predicted octanol–water partition coefficient (Wildman–Crippen LogP) is 2.76. The topological polar surface area (TPSA) is 103 Å². The van der Waals surface area contributed by atoms with Crippen LogP contribution in [0.4, 0.5) is 11.5 Å². The van der Waals surface area contributed by atoms with Crippen LogP contribution >= 0.6 is 0 Å². The van der Waals surface area contributed by atoms with E-state index in [4.69, 9.17) is 11.0 Å². The highest BCUT2D eigenvalue weighted by Gasteiger charge is 2.09. The van der Waals surface area contributed by atoms with Crippen LogP contribution in [0.2, 0.25) is 0 Å². The third-order valence-corrected chi connectivity index (χ3v) is 3.80. The summed E-state index contributed by atoms with van der Waals surface area (Å²) in [5, 5.41) is 20.3. The maximum Gasteiger partial charge on any atom is 0.163 e. The lowest BCUT2D eigenvalue weighted by molar-refractivity contribution is 0.826. The minimum atomic E-state index is 0.270. The maximum absolute atomic E-state index is 9.05. The second kappa shape index (κ2) is 6.36. The summed E-state index contributed by atoms with van der Waals surface area (Å²) >= 11 is 0. The van der Waals surface area contributed by atoms with E-state index in [-0.39, 0.29) is 5.82 Å². The van der Waals surface area contributed by atoms with Gasteiger partial charge in [0.15, 0.2) is 5.82 Å². The van der Waals surface area contributed by atoms with Gasteiger partial charge in [-0.3, -0.25) is 10.1 Å². The van der Waals surface area contributed by atoms with Crippen molar-refractivity contribution in [2.75, 3.05) is 17.6 Å². The number of pyridine rings is 1. The summed E-state index contributed by atoms with van der Waals surface area (Å²) < 4.78 is 0. The minimum Gasteiger partial charge on any atom is -0.384 e. The number of rotatable bonds is 5. The molecule has 0 atom stereocenters. The standard InChI is InChI=1S/C17H18N6/c1-11-4-5-14-12(9-11)15(6-8-21-14)20-7-2-3-16-13(10-18)17(19)23-22-16/h4-6,8-9H,2-3,7H2,1H3,(H,20,21)(H3,19,22,23). The Hall–Kier alpha value is -3.07. The zero-order valence-corrected chi connectivity index (χ0v) is 12.9. The molecule has 1 aromatic carbocycles. The number of nitrogen functional groups attached to an aromatic ring is 1. The van der Waals surface area contributed by atoms with Gasteiger partial charge in [-0.1, -0.05) is 11.6 Å². The van der Waals surface area contributed by atoms with E-state index in [1.165, 1.54) is 5.56 Å². The van der Waals surface area contributed by atoms with Crippen LogP contribution in [0.1, 0.15) is 23.2 Å². The third-order valence-electron chi connectivity index (χ3n) is 3.80. The number of hydrogen-bond acceptors (Lipinski definition) is 5. The number of fused-ring (bicyclic) bond motifs is 1. The zero-order valence-electron chi connectivity index (χ0n) is 12.9. The Morgan fingerprint density at radius 3 is 3.04 bits per heavy atom. The highest BCUT2D eigenvalue weighted by molar-refractivity contribution is 5.91. The summed E-state index contributed by atoms with van der Waals surface area (Å²) in [6, 6.07) is 10.3. The van der Waals surface area contributed by atoms with Gasteiger partial charge < -0.3 is 11.1 Å². The quantitative estimate of drug-likeness (QED) is 0.629. The number of aromatic nitrogens is 3. The Bertz CT molecular complexity index is 874. The number of benzene rings is 1. The Morgan fingerprint density at radius 1 is 1.35 bits per heavy atom. The Kier molecular flexibility index (Phi) is 4.11. The van der Waals surface area contributed by atoms with E-state index >= 15 is 0 Å². The molecule has 2 heterocycles.